The summed E-state index contributed by atoms with van der Waals surface area (Å²) in [5, 5.41) is 5.76. The molecule has 0 heterocycles. The number of carbonyl (C=O) groups excluding carboxylic acids is 2. The number of halogens is 1. The quantitative estimate of drug-likeness (QED) is 0.763. The summed E-state index contributed by atoms with van der Waals surface area (Å²) < 4.78 is 0.925. The number of rotatable bonds is 4. The lowest BCUT2D eigenvalue weighted by Crippen LogP contribution is -2.35. The van der Waals surface area contributed by atoms with Gasteiger partial charge < -0.3 is 10.6 Å². The van der Waals surface area contributed by atoms with Gasteiger partial charge in [-0.3, -0.25) is 9.59 Å². The van der Waals surface area contributed by atoms with Crippen LogP contribution in [0, 0.1) is 19.3 Å². The molecular weight excluding hydrogens is 368 g/mol. The van der Waals surface area contributed by atoms with Crippen molar-refractivity contribution in [1.82, 2.24) is 0 Å². The number of anilines is 2. The molecule has 2 aromatic rings. The normalized spacial score (nSPS) is 14.8. The maximum Gasteiger partial charge on any atom is 0.240 e. The van der Waals surface area contributed by atoms with E-state index >= 15 is 0 Å². The summed E-state index contributed by atoms with van der Waals surface area (Å²) in [4.78, 5) is 25.2. The van der Waals surface area contributed by atoms with Crippen LogP contribution < -0.4 is 10.6 Å². The van der Waals surface area contributed by atoms with Crippen molar-refractivity contribution in [3.63, 3.8) is 0 Å². The highest BCUT2D eigenvalue weighted by Gasteiger charge is 2.56. The summed E-state index contributed by atoms with van der Waals surface area (Å²) in [6.45, 7) is 3.91. The van der Waals surface area contributed by atoms with Crippen molar-refractivity contribution in [3.8, 4) is 0 Å². The molecule has 0 aliphatic heterocycles. The molecule has 2 aromatic carbocycles. The predicted molar refractivity (Wildman–Crippen MR) is 99.0 cm³/mol. The fourth-order valence-electron chi connectivity index (χ4n) is 2.56. The van der Waals surface area contributed by atoms with Crippen LogP contribution in [-0.4, -0.2) is 11.8 Å². The Kier molecular flexibility index (Phi) is 4.45. The Labute approximate surface area is 149 Å². The Bertz CT molecular complexity index is 813. The van der Waals surface area contributed by atoms with E-state index in [4.69, 9.17) is 0 Å². The standard InChI is InChI=1S/C19H19BrN2O2/c1-12-7-8-14(11-15(12)20)21-17(23)19(9-10-19)18(24)22-16-6-4-3-5-13(16)2/h3-8,11H,9-10H2,1-2H3,(H,21,23)(H,22,24). The molecule has 2 N–H and O–H groups in total. The van der Waals surface area contributed by atoms with Crippen molar-refractivity contribution in [1.29, 1.82) is 0 Å². The smallest absolute Gasteiger partial charge is 0.240 e. The molecule has 1 aliphatic carbocycles. The molecule has 0 aromatic heterocycles. The van der Waals surface area contributed by atoms with Gasteiger partial charge in [0.25, 0.3) is 0 Å². The molecule has 124 valence electrons. The number of carbonyl (C=O) groups is 2. The van der Waals surface area contributed by atoms with Gasteiger partial charge in [0, 0.05) is 15.8 Å². The first-order chi connectivity index (χ1) is 11.4. The largest absolute Gasteiger partial charge is 0.325 e. The zero-order valence-corrected chi connectivity index (χ0v) is 15.2. The summed E-state index contributed by atoms with van der Waals surface area (Å²) in [5.74, 6) is -0.482. The van der Waals surface area contributed by atoms with Gasteiger partial charge in [-0.25, -0.2) is 0 Å². The monoisotopic (exact) mass is 386 g/mol. The van der Waals surface area contributed by atoms with E-state index in [0.29, 0.717) is 18.5 Å². The first-order valence-corrected chi connectivity index (χ1v) is 8.66. The van der Waals surface area contributed by atoms with Crippen LogP contribution in [0.15, 0.2) is 46.9 Å². The van der Waals surface area contributed by atoms with Gasteiger partial charge in [-0.15, -0.1) is 0 Å². The van der Waals surface area contributed by atoms with Gasteiger partial charge in [-0.2, -0.15) is 0 Å². The van der Waals surface area contributed by atoms with E-state index in [-0.39, 0.29) is 11.8 Å². The van der Waals surface area contributed by atoms with E-state index in [2.05, 4.69) is 26.6 Å². The van der Waals surface area contributed by atoms with Crippen LogP contribution in [0.4, 0.5) is 11.4 Å². The molecule has 4 nitrogen and oxygen atoms in total. The summed E-state index contributed by atoms with van der Waals surface area (Å²) in [7, 11) is 0. The molecule has 0 bridgehead atoms. The third kappa shape index (κ3) is 3.22. The minimum absolute atomic E-state index is 0.236. The van der Waals surface area contributed by atoms with Gasteiger partial charge in [-0.1, -0.05) is 40.2 Å². The van der Waals surface area contributed by atoms with Gasteiger partial charge in [-0.05, 0) is 56.0 Å². The van der Waals surface area contributed by atoms with Crippen LogP contribution >= 0.6 is 15.9 Å². The molecule has 0 saturated heterocycles. The summed E-state index contributed by atoms with van der Waals surface area (Å²) in [5.41, 5.74) is 2.54. The highest BCUT2D eigenvalue weighted by Crippen LogP contribution is 2.47. The molecule has 0 radical (unpaired) electrons. The lowest BCUT2D eigenvalue weighted by Gasteiger charge is -2.16. The number of amides is 2. The Balaban J connectivity index is 1.73. The zero-order valence-electron chi connectivity index (χ0n) is 13.7. The number of benzene rings is 2. The Morgan fingerprint density at radius 2 is 1.62 bits per heavy atom. The molecule has 2 amide bonds. The van der Waals surface area contributed by atoms with E-state index in [9.17, 15) is 9.59 Å². The van der Waals surface area contributed by atoms with Crippen molar-refractivity contribution in [2.45, 2.75) is 26.7 Å². The molecule has 1 saturated carbocycles. The number of para-hydroxylation sites is 1. The maximum atomic E-state index is 12.6. The van der Waals surface area contributed by atoms with E-state index in [0.717, 1.165) is 21.3 Å². The number of hydrogen-bond acceptors (Lipinski definition) is 2. The lowest BCUT2D eigenvalue weighted by molar-refractivity contribution is -0.131. The fraction of sp³-hybridized carbons (Fsp3) is 0.263. The van der Waals surface area contributed by atoms with Gasteiger partial charge in [0.1, 0.15) is 5.41 Å². The highest BCUT2D eigenvalue weighted by atomic mass is 79.9. The molecule has 3 rings (SSSR count). The van der Waals surface area contributed by atoms with Gasteiger partial charge in [0.2, 0.25) is 11.8 Å². The van der Waals surface area contributed by atoms with E-state index < -0.39 is 5.41 Å². The van der Waals surface area contributed by atoms with Crippen LogP contribution in [0.2, 0.25) is 0 Å². The average Bonchev–Trinajstić information content (AvgIpc) is 3.35. The molecule has 1 aliphatic rings. The van der Waals surface area contributed by atoms with Crippen LogP contribution in [0.1, 0.15) is 24.0 Å². The molecular formula is C19H19BrN2O2. The number of nitrogens with one attached hydrogen (secondary N) is 2. The zero-order chi connectivity index (χ0) is 17.3. The molecule has 0 spiro atoms. The predicted octanol–water partition coefficient (Wildman–Crippen LogP) is 4.42. The minimum atomic E-state index is -0.959. The van der Waals surface area contributed by atoms with Crippen molar-refractivity contribution in [2.24, 2.45) is 5.41 Å². The SMILES string of the molecule is Cc1ccc(NC(=O)C2(C(=O)Nc3ccccc3C)CC2)cc1Br. The first-order valence-electron chi connectivity index (χ1n) is 7.87. The van der Waals surface area contributed by atoms with Gasteiger partial charge in [0.15, 0.2) is 0 Å². The second kappa shape index (κ2) is 6.40. The molecule has 1 fully saturated rings. The van der Waals surface area contributed by atoms with Crippen LogP contribution in [-0.2, 0) is 9.59 Å². The number of aryl methyl sites for hydroxylation is 2. The first kappa shape index (κ1) is 16.7. The fourth-order valence-corrected chi connectivity index (χ4v) is 2.94. The van der Waals surface area contributed by atoms with E-state index in [1.165, 1.54) is 0 Å². The molecule has 24 heavy (non-hydrogen) atoms. The molecule has 0 unspecified atom stereocenters. The molecule has 5 heteroatoms. The third-order valence-corrected chi connectivity index (χ3v) is 5.30. The Hall–Kier alpha value is -2.14. The van der Waals surface area contributed by atoms with Crippen LogP contribution in [0.5, 0.6) is 0 Å². The second-order valence-corrected chi connectivity index (χ2v) is 7.12. The van der Waals surface area contributed by atoms with Gasteiger partial charge >= 0.3 is 0 Å². The van der Waals surface area contributed by atoms with Crippen molar-refractivity contribution >= 4 is 39.1 Å². The summed E-state index contributed by atoms with van der Waals surface area (Å²) >= 11 is 3.45. The maximum absolute atomic E-state index is 12.6. The van der Waals surface area contributed by atoms with E-state index in [1.807, 2.05) is 56.3 Å². The third-order valence-electron chi connectivity index (χ3n) is 4.44. The topological polar surface area (TPSA) is 58.2 Å². The average molecular weight is 387 g/mol. The minimum Gasteiger partial charge on any atom is -0.325 e. The van der Waals surface area contributed by atoms with Crippen LogP contribution in [0.3, 0.4) is 0 Å². The van der Waals surface area contributed by atoms with Crippen molar-refractivity contribution in [3.05, 3.63) is 58.1 Å². The summed E-state index contributed by atoms with van der Waals surface area (Å²) in [6, 6.07) is 13.2. The summed E-state index contributed by atoms with van der Waals surface area (Å²) in [6.07, 6.45) is 1.15. The molecule has 0 atom stereocenters. The lowest BCUT2D eigenvalue weighted by atomic mass is 10.0. The van der Waals surface area contributed by atoms with Gasteiger partial charge in [0.05, 0.1) is 0 Å². The van der Waals surface area contributed by atoms with Crippen LogP contribution in [0.25, 0.3) is 0 Å². The second-order valence-electron chi connectivity index (χ2n) is 6.27. The highest BCUT2D eigenvalue weighted by molar-refractivity contribution is 9.10. The Morgan fingerprint density at radius 1 is 0.958 bits per heavy atom. The van der Waals surface area contributed by atoms with Crippen molar-refractivity contribution < 1.29 is 9.59 Å². The van der Waals surface area contributed by atoms with Crippen molar-refractivity contribution in [2.75, 3.05) is 10.6 Å². The number of hydrogen-bond donors (Lipinski definition) is 2. The Morgan fingerprint density at radius 3 is 2.25 bits per heavy atom. The van der Waals surface area contributed by atoms with E-state index in [1.54, 1.807) is 0 Å².